The number of rotatable bonds is 9. The van der Waals surface area contributed by atoms with Gasteiger partial charge in [-0.05, 0) is 32.6 Å². The van der Waals surface area contributed by atoms with Crippen molar-refractivity contribution in [2.45, 2.75) is 38.7 Å². The van der Waals surface area contributed by atoms with Gasteiger partial charge >= 0.3 is 0 Å². The fourth-order valence-electron chi connectivity index (χ4n) is 3.32. The van der Waals surface area contributed by atoms with Gasteiger partial charge in [-0.15, -0.1) is 24.0 Å². The molecule has 0 atom stereocenters. The second-order valence-corrected chi connectivity index (χ2v) is 8.80. The molecule has 27 heavy (non-hydrogen) atoms. The Kier molecular flexibility index (Phi) is 12.1. The Labute approximate surface area is 181 Å². The van der Waals surface area contributed by atoms with Crippen molar-refractivity contribution in [3.63, 3.8) is 0 Å². The molecule has 0 aliphatic carbocycles. The first-order valence-electron chi connectivity index (χ1n) is 9.68. The van der Waals surface area contributed by atoms with Crippen molar-refractivity contribution in [1.29, 1.82) is 0 Å². The first-order chi connectivity index (χ1) is 12.6. The molecular formula is C17H35IN4O4S. The molecular weight excluding hydrogens is 483 g/mol. The van der Waals surface area contributed by atoms with Crippen molar-refractivity contribution in [3.8, 4) is 0 Å². The average Bonchev–Trinajstić information content (AvgIpc) is 2.97. The molecule has 0 amide bonds. The lowest BCUT2D eigenvalue weighted by atomic mass is 10.1. The summed E-state index contributed by atoms with van der Waals surface area (Å²) in [7, 11) is -1.33. The Bertz CT molecular complexity index is 539. The third kappa shape index (κ3) is 8.38. The van der Waals surface area contributed by atoms with Gasteiger partial charge in [0.25, 0.3) is 0 Å². The highest BCUT2D eigenvalue weighted by Gasteiger charge is 2.27. The predicted octanol–water partition coefficient (Wildman–Crippen LogP) is 1.12. The minimum atomic E-state index is -3.04. The SMILES string of the molecule is CCNC(=NCCN1CCCS1(=O)=O)N1CCC(OCCCOC)CC1.I. The molecule has 0 aromatic carbocycles. The molecule has 0 aromatic rings. The lowest BCUT2D eigenvalue weighted by molar-refractivity contribution is 0.00990. The van der Waals surface area contributed by atoms with Crippen LogP contribution in [0.1, 0.15) is 32.6 Å². The van der Waals surface area contributed by atoms with Crippen LogP contribution in [0, 0.1) is 0 Å². The number of aliphatic imine (C=N–C) groups is 1. The van der Waals surface area contributed by atoms with Crippen LogP contribution in [0.25, 0.3) is 0 Å². The lowest BCUT2D eigenvalue weighted by Crippen LogP contribution is -2.47. The summed E-state index contributed by atoms with van der Waals surface area (Å²) in [5, 5.41) is 3.32. The van der Waals surface area contributed by atoms with Crippen molar-refractivity contribution in [3.05, 3.63) is 0 Å². The normalized spacial score (nSPS) is 21.3. The van der Waals surface area contributed by atoms with E-state index in [0.717, 1.165) is 64.5 Å². The van der Waals surface area contributed by atoms with Gasteiger partial charge in [-0.3, -0.25) is 4.99 Å². The molecule has 2 rings (SSSR count). The Morgan fingerprint density at radius 2 is 1.96 bits per heavy atom. The zero-order valence-corrected chi connectivity index (χ0v) is 19.7. The molecule has 2 fully saturated rings. The molecule has 8 nitrogen and oxygen atoms in total. The van der Waals surface area contributed by atoms with Crippen LogP contribution in [0.3, 0.4) is 0 Å². The monoisotopic (exact) mass is 518 g/mol. The van der Waals surface area contributed by atoms with Crippen LogP contribution in [0.5, 0.6) is 0 Å². The number of ether oxygens (including phenoxy) is 2. The maximum absolute atomic E-state index is 11.9. The Morgan fingerprint density at radius 3 is 2.56 bits per heavy atom. The number of hydrogen-bond donors (Lipinski definition) is 1. The van der Waals surface area contributed by atoms with Gasteiger partial charge in [0.1, 0.15) is 0 Å². The maximum atomic E-state index is 11.9. The van der Waals surface area contributed by atoms with Crippen molar-refractivity contribution in [1.82, 2.24) is 14.5 Å². The van der Waals surface area contributed by atoms with Gasteiger partial charge in [0.05, 0.1) is 18.4 Å². The van der Waals surface area contributed by atoms with E-state index in [2.05, 4.69) is 15.2 Å². The number of sulfonamides is 1. The highest BCUT2D eigenvalue weighted by molar-refractivity contribution is 14.0. The molecule has 0 saturated carbocycles. The zero-order chi connectivity index (χ0) is 18.8. The van der Waals surface area contributed by atoms with Crippen molar-refractivity contribution in [2.75, 3.05) is 65.3 Å². The van der Waals surface area contributed by atoms with Crippen LogP contribution in [0.4, 0.5) is 0 Å². The van der Waals surface area contributed by atoms with Gasteiger partial charge in [-0.25, -0.2) is 12.7 Å². The number of likely N-dealkylation sites (tertiary alicyclic amines) is 1. The summed E-state index contributed by atoms with van der Waals surface area (Å²) >= 11 is 0. The largest absolute Gasteiger partial charge is 0.385 e. The Hall–Kier alpha value is -0.170. The van der Waals surface area contributed by atoms with Crippen molar-refractivity contribution >= 4 is 40.0 Å². The Balaban J connectivity index is 0.00000364. The maximum Gasteiger partial charge on any atom is 0.214 e. The van der Waals surface area contributed by atoms with Crippen molar-refractivity contribution < 1.29 is 17.9 Å². The minimum absolute atomic E-state index is 0. The number of piperidine rings is 1. The molecule has 0 spiro atoms. The molecule has 0 unspecified atom stereocenters. The summed E-state index contributed by atoms with van der Waals surface area (Å²) in [5.74, 6) is 1.15. The number of guanidine groups is 1. The molecule has 160 valence electrons. The molecule has 0 bridgehead atoms. The van der Waals surface area contributed by atoms with Crippen LogP contribution in [-0.4, -0.2) is 95.0 Å². The van der Waals surface area contributed by atoms with E-state index in [1.165, 1.54) is 0 Å². The Morgan fingerprint density at radius 1 is 1.22 bits per heavy atom. The number of nitrogens with one attached hydrogen (secondary N) is 1. The number of halogens is 1. The van der Waals surface area contributed by atoms with E-state index in [0.29, 0.717) is 25.7 Å². The third-order valence-corrected chi connectivity index (χ3v) is 6.69. The summed E-state index contributed by atoms with van der Waals surface area (Å²) in [5.41, 5.74) is 0. The van der Waals surface area contributed by atoms with E-state index in [4.69, 9.17) is 9.47 Å². The molecule has 2 heterocycles. The topological polar surface area (TPSA) is 83.5 Å². The lowest BCUT2D eigenvalue weighted by Gasteiger charge is -2.34. The molecule has 10 heteroatoms. The van der Waals surface area contributed by atoms with E-state index in [1.807, 2.05) is 6.92 Å². The van der Waals surface area contributed by atoms with Gasteiger partial charge < -0.3 is 19.7 Å². The summed E-state index contributed by atoms with van der Waals surface area (Å²) in [6, 6.07) is 0. The zero-order valence-electron chi connectivity index (χ0n) is 16.6. The van der Waals surface area contributed by atoms with Crippen LogP contribution in [0.15, 0.2) is 4.99 Å². The highest BCUT2D eigenvalue weighted by atomic mass is 127. The van der Waals surface area contributed by atoms with Crippen molar-refractivity contribution in [2.24, 2.45) is 4.99 Å². The van der Waals surface area contributed by atoms with Gasteiger partial charge in [-0.1, -0.05) is 0 Å². The summed E-state index contributed by atoms with van der Waals surface area (Å²) < 4.78 is 36.2. The summed E-state index contributed by atoms with van der Waals surface area (Å²) in [6.45, 7) is 7.73. The summed E-state index contributed by atoms with van der Waals surface area (Å²) in [4.78, 5) is 6.89. The highest BCUT2D eigenvalue weighted by Crippen LogP contribution is 2.15. The fourth-order valence-corrected chi connectivity index (χ4v) is 4.84. The van der Waals surface area contributed by atoms with Crippen LogP contribution in [0.2, 0.25) is 0 Å². The molecule has 0 radical (unpaired) electrons. The predicted molar refractivity (Wildman–Crippen MR) is 118 cm³/mol. The van der Waals surface area contributed by atoms with Crippen LogP contribution < -0.4 is 5.32 Å². The second kappa shape index (κ2) is 13.1. The van der Waals surface area contributed by atoms with E-state index in [1.54, 1.807) is 11.4 Å². The van der Waals surface area contributed by atoms with E-state index in [-0.39, 0.29) is 29.7 Å². The molecule has 2 saturated heterocycles. The molecule has 2 aliphatic rings. The van der Waals surface area contributed by atoms with E-state index >= 15 is 0 Å². The molecule has 0 aromatic heterocycles. The standard InChI is InChI=1S/C17H34N4O4S.HI/c1-3-18-17(19-8-12-21-9-4-15-26(21,22)23)20-10-6-16(7-11-20)25-14-5-13-24-2;/h16H,3-15H2,1-2H3,(H,18,19);1H. The smallest absolute Gasteiger partial charge is 0.214 e. The molecule has 1 N–H and O–H groups in total. The quantitative estimate of drug-likeness (QED) is 0.213. The number of methoxy groups -OCH3 is 1. The van der Waals surface area contributed by atoms with Crippen LogP contribution >= 0.6 is 24.0 Å². The van der Waals surface area contributed by atoms with Crippen LogP contribution in [-0.2, 0) is 19.5 Å². The minimum Gasteiger partial charge on any atom is -0.385 e. The molecule has 2 aliphatic heterocycles. The third-order valence-electron chi connectivity index (χ3n) is 4.74. The van der Waals surface area contributed by atoms with E-state index in [9.17, 15) is 8.42 Å². The van der Waals surface area contributed by atoms with Gasteiger partial charge in [0, 0.05) is 53.0 Å². The van der Waals surface area contributed by atoms with Gasteiger partial charge in [-0.2, -0.15) is 0 Å². The fraction of sp³-hybridized carbons (Fsp3) is 0.941. The number of hydrogen-bond acceptors (Lipinski definition) is 5. The number of nitrogens with zero attached hydrogens (tertiary/aromatic N) is 3. The first-order valence-corrected chi connectivity index (χ1v) is 11.3. The van der Waals surface area contributed by atoms with E-state index < -0.39 is 10.0 Å². The summed E-state index contributed by atoms with van der Waals surface area (Å²) in [6.07, 6.45) is 3.93. The second-order valence-electron chi connectivity index (χ2n) is 6.71. The van der Waals surface area contributed by atoms with Gasteiger partial charge in [0.2, 0.25) is 10.0 Å². The van der Waals surface area contributed by atoms with Gasteiger partial charge in [0.15, 0.2) is 5.96 Å². The first kappa shape index (κ1) is 24.9. The average molecular weight is 518 g/mol.